The Morgan fingerprint density at radius 2 is 1.44 bits per heavy atom. The molecule has 5 heteroatoms. The van der Waals surface area contributed by atoms with Gasteiger partial charge in [-0.2, -0.15) is 0 Å². The van der Waals surface area contributed by atoms with Crippen LogP contribution < -0.4 is 0 Å². The lowest BCUT2D eigenvalue weighted by atomic mass is 10.0. The van der Waals surface area contributed by atoms with Crippen LogP contribution in [0.1, 0.15) is 15.9 Å². The number of benzene rings is 3. The lowest BCUT2D eigenvalue weighted by Crippen LogP contribution is -2.64. The number of carbonyl (C=O) groups excluding carboxylic acids is 2. The maximum atomic E-state index is 12.6. The molecule has 0 spiro atoms. The van der Waals surface area contributed by atoms with Gasteiger partial charge in [-0.1, -0.05) is 54.6 Å². The van der Waals surface area contributed by atoms with E-state index in [1.165, 1.54) is 10.8 Å². The summed E-state index contributed by atoms with van der Waals surface area (Å²) in [6.45, 7) is 4.71. The molecule has 2 amide bonds. The summed E-state index contributed by atoms with van der Waals surface area (Å²) in [4.78, 5) is 31.4. The first-order chi connectivity index (χ1) is 15.7. The summed E-state index contributed by atoms with van der Waals surface area (Å²) in [5.41, 5.74) is 1.79. The van der Waals surface area contributed by atoms with Gasteiger partial charge in [0.1, 0.15) is 0 Å². The van der Waals surface area contributed by atoms with Crippen LogP contribution in [0.25, 0.3) is 16.8 Å². The molecular weight excluding hydrogens is 398 g/mol. The second kappa shape index (κ2) is 8.97. The van der Waals surface area contributed by atoms with Gasteiger partial charge in [-0.05, 0) is 40.6 Å². The molecule has 0 atom stereocenters. The van der Waals surface area contributed by atoms with Gasteiger partial charge in [0.2, 0.25) is 5.91 Å². The molecule has 2 fully saturated rings. The van der Waals surface area contributed by atoms with Crippen molar-refractivity contribution in [2.45, 2.75) is 6.04 Å². The van der Waals surface area contributed by atoms with Gasteiger partial charge < -0.3 is 9.80 Å². The number of fused-ring (bicyclic) bond motifs is 1. The molecule has 0 bridgehead atoms. The number of piperazine rings is 1. The van der Waals surface area contributed by atoms with Crippen LogP contribution in [0.3, 0.4) is 0 Å². The minimum atomic E-state index is 0.0623. The molecule has 162 valence electrons. The Morgan fingerprint density at radius 1 is 0.750 bits per heavy atom. The van der Waals surface area contributed by atoms with Crippen LogP contribution in [0, 0.1) is 0 Å². The minimum Gasteiger partial charge on any atom is -0.336 e. The number of likely N-dealkylation sites (tertiary alicyclic amines) is 1. The maximum absolute atomic E-state index is 12.6. The number of rotatable bonds is 4. The zero-order valence-electron chi connectivity index (χ0n) is 18.1. The van der Waals surface area contributed by atoms with E-state index in [0.717, 1.165) is 50.4 Å². The summed E-state index contributed by atoms with van der Waals surface area (Å²) in [6, 6.07) is 24.3. The van der Waals surface area contributed by atoms with Crippen LogP contribution >= 0.6 is 0 Å². The van der Waals surface area contributed by atoms with E-state index in [0.29, 0.717) is 6.04 Å². The van der Waals surface area contributed by atoms with Crippen molar-refractivity contribution in [3.05, 3.63) is 90.0 Å². The van der Waals surface area contributed by atoms with Gasteiger partial charge in [0.15, 0.2) is 0 Å². The fraction of sp³-hybridized carbons (Fsp3) is 0.259. The van der Waals surface area contributed by atoms with Crippen LogP contribution in [0.4, 0.5) is 0 Å². The molecule has 0 N–H and O–H groups in total. The number of carbonyl (C=O) groups is 2. The van der Waals surface area contributed by atoms with Crippen LogP contribution in [-0.4, -0.2) is 71.8 Å². The molecule has 2 heterocycles. The number of nitrogens with zero attached hydrogens (tertiary/aromatic N) is 3. The predicted molar refractivity (Wildman–Crippen MR) is 127 cm³/mol. The molecular formula is C27H27N3O2. The molecule has 3 aromatic rings. The summed E-state index contributed by atoms with van der Waals surface area (Å²) >= 11 is 0. The van der Waals surface area contributed by atoms with Crippen LogP contribution in [-0.2, 0) is 4.79 Å². The molecule has 5 rings (SSSR count). The normalized spacial score (nSPS) is 17.6. The van der Waals surface area contributed by atoms with E-state index < -0.39 is 0 Å². The number of amides is 2. The molecule has 0 aliphatic carbocycles. The monoisotopic (exact) mass is 425 g/mol. The topological polar surface area (TPSA) is 43.9 Å². The Labute approximate surface area is 188 Å². The van der Waals surface area contributed by atoms with Gasteiger partial charge in [0.05, 0.1) is 0 Å². The zero-order valence-corrected chi connectivity index (χ0v) is 18.1. The highest BCUT2D eigenvalue weighted by molar-refractivity contribution is 5.94. The molecule has 3 aromatic carbocycles. The Morgan fingerprint density at radius 3 is 2.19 bits per heavy atom. The van der Waals surface area contributed by atoms with Crippen LogP contribution in [0.5, 0.6) is 0 Å². The van der Waals surface area contributed by atoms with Crippen molar-refractivity contribution in [1.29, 1.82) is 0 Å². The maximum Gasteiger partial charge on any atom is 0.253 e. The highest BCUT2D eigenvalue weighted by atomic mass is 16.2. The van der Waals surface area contributed by atoms with Crippen molar-refractivity contribution in [3.8, 4) is 0 Å². The fourth-order valence-corrected chi connectivity index (χ4v) is 4.50. The molecule has 2 aliphatic rings. The molecule has 2 saturated heterocycles. The Bertz CT molecular complexity index is 1140. The first kappa shape index (κ1) is 20.5. The van der Waals surface area contributed by atoms with Gasteiger partial charge in [-0.3, -0.25) is 14.5 Å². The number of hydrogen-bond acceptors (Lipinski definition) is 3. The largest absolute Gasteiger partial charge is 0.336 e. The summed E-state index contributed by atoms with van der Waals surface area (Å²) in [7, 11) is 0. The first-order valence-corrected chi connectivity index (χ1v) is 11.2. The molecule has 2 aliphatic heterocycles. The SMILES string of the molecule is O=C(/C=C/c1ccc2ccccc2c1)N1CC(N2CCN(C(=O)c3ccccc3)CC2)C1. The van der Waals surface area contributed by atoms with Gasteiger partial charge in [-0.15, -0.1) is 0 Å². The van der Waals surface area contributed by atoms with Crippen molar-refractivity contribution < 1.29 is 9.59 Å². The standard InChI is InChI=1S/C27H27N3O2/c31-26(13-11-21-10-12-22-6-4-5-9-24(22)18-21)30-19-25(20-30)28-14-16-29(17-15-28)27(32)23-7-2-1-3-8-23/h1-13,18,25H,14-17,19-20H2/b13-11+. The number of hydrogen-bond donors (Lipinski definition) is 0. The third kappa shape index (κ3) is 4.30. The fourth-order valence-electron chi connectivity index (χ4n) is 4.50. The smallest absolute Gasteiger partial charge is 0.253 e. The van der Waals surface area contributed by atoms with E-state index in [4.69, 9.17) is 0 Å². The van der Waals surface area contributed by atoms with Crippen LogP contribution in [0.2, 0.25) is 0 Å². The predicted octanol–water partition coefficient (Wildman–Crippen LogP) is 3.52. The summed E-state index contributed by atoms with van der Waals surface area (Å²) < 4.78 is 0. The van der Waals surface area contributed by atoms with E-state index in [1.807, 2.05) is 64.4 Å². The Balaban J connectivity index is 1.10. The summed E-state index contributed by atoms with van der Waals surface area (Å²) in [5.74, 6) is 0.168. The van der Waals surface area contributed by atoms with E-state index in [9.17, 15) is 9.59 Å². The quantitative estimate of drug-likeness (QED) is 0.601. The molecule has 0 unspecified atom stereocenters. The van der Waals surface area contributed by atoms with E-state index in [-0.39, 0.29) is 11.8 Å². The van der Waals surface area contributed by atoms with Gasteiger partial charge >= 0.3 is 0 Å². The van der Waals surface area contributed by atoms with Gasteiger partial charge in [0.25, 0.3) is 5.91 Å². The molecule has 32 heavy (non-hydrogen) atoms. The summed E-state index contributed by atoms with van der Waals surface area (Å²) in [5, 5.41) is 2.38. The van der Waals surface area contributed by atoms with E-state index in [2.05, 4.69) is 29.2 Å². The second-order valence-electron chi connectivity index (χ2n) is 8.53. The summed E-state index contributed by atoms with van der Waals surface area (Å²) in [6.07, 6.45) is 3.58. The molecule has 5 nitrogen and oxygen atoms in total. The Kier molecular flexibility index (Phi) is 5.73. The average Bonchev–Trinajstić information content (AvgIpc) is 2.82. The third-order valence-corrected chi connectivity index (χ3v) is 6.50. The third-order valence-electron chi connectivity index (χ3n) is 6.50. The molecule has 0 aromatic heterocycles. The van der Waals surface area contributed by atoms with Crippen LogP contribution in [0.15, 0.2) is 78.9 Å². The molecule has 0 saturated carbocycles. The Hall–Kier alpha value is -3.44. The molecule has 0 radical (unpaired) electrons. The van der Waals surface area contributed by atoms with E-state index >= 15 is 0 Å². The average molecular weight is 426 g/mol. The van der Waals surface area contributed by atoms with E-state index in [1.54, 1.807) is 6.08 Å². The van der Waals surface area contributed by atoms with Crippen molar-refractivity contribution in [3.63, 3.8) is 0 Å². The van der Waals surface area contributed by atoms with Crippen molar-refractivity contribution in [2.75, 3.05) is 39.3 Å². The highest BCUT2D eigenvalue weighted by Crippen LogP contribution is 2.20. The minimum absolute atomic E-state index is 0.0623. The van der Waals surface area contributed by atoms with Gasteiger partial charge in [0, 0.05) is 56.9 Å². The lowest BCUT2D eigenvalue weighted by molar-refractivity contribution is -0.133. The lowest BCUT2D eigenvalue weighted by Gasteiger charge is -2.47. The first-order valence-electron chi connectivity index (χ1n) is 11.2. The second-order valence-corrected chi connectivity index (χ2v) is 8.53. The zero-order chi connectivity index (χ0) is 21.9. The van der Waals surface area contributed by atoms with Gasteiger partial charge in [-0.25, -0.2) is 0 Å². The van der Waals surface area contributed by atoms with Crippen molar-refractivity contribution >= 4 is 28.7 Å². The van der Waals surface area contributed by atoms with Crippen molar-refractivity contribution in [2.24, 2.45) is 0 Å². The highest BCUT2D eigenvalue weighted by Gasteiger charge is 2.35. The van der Waals surface area contributed by atoms with Crippen molar-refractivity contribution in [1.82, 2.24) is 14.7 Å².